The molecule has 2 aromatic rings. The summed E-state index contributed by atoms with van der Waals surface area (Å²) in [6.07, 6.45) is 3.16. The minimum absolute atomic E-state index is 0.128. The minimum Gasteiger partial charge on any atom is -0.480 e. The molecular formula is C16H15ClN2O3. The van der Waals surface area contributed by atoms with E-state index in [1.165, 1.54) is 0 Å². The molecule has 0 fully saturated rings. The molecule has 114 valence electrons. The lowest BCUT2D eigenvalue weighted by Crippen LogP contribution is -2.38. The monoisotopic (exact) mass is 318 g/mol. The van der Waals surface area contributed by atoms with Crippen LogP contribution in [-0.4, -0.2) is 27.9 Å². The number of hydrogen-bond donors (Lipinski definition) is 2. The van der Waals surface area contributed by atoms with E-state index in [0.717, 1.165) is 5.56 Å². The molecule has 1 aromatic heterocycles. The third-order valence-corrected chi connectivity index (χ3v) is 3.38. The van der Waals surface area contributed by atoms with Gasteiger partial charge in [-0.15, -0.1) is 0 Å². The molecule has 0 spiro atoms. The largest absolute Gasteiger partial charge is 0.480 e. The molecule has 0 saturated heterocycles. The Morgan fingerprint density at radius 3 is 2.55 bits per heavy atom. The van der Waals surface area contributed by atoms with Crippen molar-refractivity contribution in [2.24, 2.45) is 0 Å². The Bertz CT molecular complexity index is 644. The zero-order valence-corrected chi connectivity index (χ0v) is 12.5. The Morgan fingerprint density at radius 1 is 1.23 bits per heavy atom. The van der Waals surface area contributed by atoms with Crippen LogP contribution in [-0.2, 0) is 11.3 Å². The summed E-state index contributed by atoms with van der Waals surface area (Å²) in [5.41, 5.74) is 1.30. The number of aromatic nitrogens is 1. The van der Waals surface area contributed by atoms with E-state index in [1.807, 2.05) is 6.07 Å². The van der Waals surface area contributed by atoms with Gasteiger partial charge in [0.15, 0.2) is 5.78 Å². The van der Waals surface area contributed by atoms with Gasteiger partial charge >= 0.3 is 5.97 Å². The molecule has 22 heavy (non-hydrogen) atoms. The van der Waals surface area contributed by atoms with Crippen molar-refractivity contribution in [3.05, 3.63) is 64.9 Å². The number of carbonyl (C=O) groups excluding carboxylic acids is 1. The zero-order valence-electron chi connectivity index (χ0n) is 11.7. The lowest BCUT2D eigenvalue weighted by molar-refractivity contribution is -0.139. The van der Waals surface area contributed by atoms with Crippen molar-refractivity contribution in [1.29, 1.82) is 0 Å². The van der Waals surface area contributed by atoms with Crippen LogP contribution < -0.4 is 5.32 Å². The van der Waals surface area contributed by atoms with Crippen LogP contribution in [0.5, 0.6) is 0 Å². The minimum atomic E-state index is -1.06. The summed E-state index contributed by atoms with van der Waals surface area (Å²) in [6, 6.07) is 9.03. The molecule has 0 aliphatic rings. The molecule has 1 atom stereocenters. The fraction of sp³-hybridized carbons (Fsp3) is 0.188. The number of carboxylic acids is 1. The van der Waals surface area contributed by atoms with Gasteiger partial charge in [-0.2, -0.15) is 0 Å². The summed E-state index contributed by atoms with van der Waals surface area (Å²) in [7, 11) is 0. The SMILES string of the molecule is O=C(C[C@H](NCc1cccnc1)C(=O)O)c1ccc(Cl)cc1. The van der Waals surface area contributed by atoms with Crippen LogP contribution in [0.4, 0.5) is 0 Å². The first-order valence-corrected chi connectivity index (χ1v) is 7.08. The molecule has 1 heterocycles. The van der Waals surface area contributed by atoms with Crippen LogP contribution >= 0.6 is 11.6 Å². The van der Waals surface area contributed by atoms with Crippen molar-refractivity contribution < 1.29 is 14.7 Å². The molecule has 5 nitrogen and oxygen atoms in total. The standard InChI is InChI=1S/C16H15ClN2O3/c17-13-5-3-12(4-6-13)15(20)8-14(16(21)22)19-10-11-2-1-7-18-9-11/h1-7,9,14,19H,8,10H2,(H,21,22)/t14-/m0/s1. The summed E-state index contributed by atoms with van der Waals surface area (Å²) in [6.45, 7) is 0.332. The Balaban J connectivity index is 1.98. The van der Waals surface area contributed by atoms with Gasteiger partial charge in [0.25, 0.3) is 0 Å². The number of nitrogens with zero attached hydrogens (tertiary/aromatic N) is 1. The predicted octanol–water partition coefficient (Wildman–Crippen LogP) is 2.55. The van der Waals surface area contributed by atoms with Crippen molar-refractivity contribution in [2.75, 3.05) is 0 Å². The average molecular weight is 319 g/mol. The number of carboxylic acid groups (broad SMARTS) is 1. The topological polar surface area (TPSA) is 79.3 Å². The Kier molecular flexibility index (Phi) is 5.63. The van der Waals surface area contributed by atoms with E-state index in [9.17, 15) is 14.7 Å². The molecule has 0 aliphatic carbocycles. The number of ketones is 1. The number of benzene rings is 1. The molecule has 2 rings (SSSR count). The van der Waals surface area contributed by atoms with E-state index in [1.54, 1.807) is 42.7 Å². The molecule has 0 bridgehead atoms. The van der Waals surface area contributed by atoms with Crippen molar-refractivity contribution in [3.8, 4) is 0 Å². The Hall–Kier alpha value is -2.24. The summed E-state index contributed by atoms with van der Waals surface area (Å²) >= 11 is 5.77. The number of Topliss-reactive ketones (excluding diaryl/α,β-unsaturated/α-hetero) is 1. The van der Waals surface area contributed by atoms with Crippen LogP contribution in [0.2, 0.25) is 5.02 Å². The molecule has 0 aliphatic heterocycles. The van der Waals surface area contributed by atoms with Gasteiger partial charge in [-0.1, -0.05) is 17.7 Å². The predicted molar refractivity (Wildman–Crippen MR) is 82.9 cm³/mol. The van der Waals surface area contributed by atoms with E-state index >= 15 is 0 Å². The van der Waals surface area contributed by atoms with Crippen LogP contribution in [0, 0.1) is 0 Å². The third kappa shape index (κ3) is 4.65. The summed E-state index contributed by atoms with van der Waals surface area (Å²) in [5, 5.41) is 12.6. The fourth-order valence-corrected chi connectivity index (χ4v) is 2.06. The van der Waals surface area contributed by atoms with Gasteiger partial charge in [0.1, 0.15) is 6.04 Å². The molecule has 2 N–H and O–H groups in total. The number of hydrogen-bond acceptors (Lipinski definition) is 4. The van der Waals surface area contributed by atoms with E-state index in [0.29, 0.717) is 17.1 Å². The normalized spacial score (nSPS) is 11.9. The van der Waals surface area contributed by atoms with E-state index in [2.05, 4.69) is 10.3 Å². The second-order valence-corrected chi connectivity index (χ2v) is 5.20. The average Bonchev–Trinajstić information content (AvgIpc) is 2.52. The van der Waals surface area contributed by atoms with Crippen molar-refractivity contribution in [1.82, 2.24) is 10.3 Å². The van der Waals surface area contributed by atoms with Gasteiger partial charge in [0.2, 0.25) is 0 Å². The second kappa shape index (κ2) is 7.68. The Labute approximate surface area is 133 Å². The molecule has 0 saturated carbocycles. The second-order valence-electron chi connectivity index (χ2n) is 4.77. The molecule has 0 radical (unpaired) electrons. The number of nitrogens with one attached hydrogen (secondary N) is 1. The van der Waals surface area contributed by atoms with Crippen LogP contribution in [0.25, 0.3) is 0 Å². The summed E-state index contributed by atoms with van der Waals surface area (Å²) < 4.78 is 0. The highest BCUT2D eigenvalue weighted by Crippen LogP contribution is 2.12. The van der Waals surface area contributed by atoms with E-state index in [-0.39, 0.29) is 12.2 Å². The highest BCUT2D eigenvalue weighted by molar-refractivity contribution is 6.30. The van der Waals surface area contributed by atoms with Crippen molar-refractivity contribution >= 4 is 23.4 Å². The molecule has 6 heteroatoms. The first-order chi connectivity index (χ1) is 10.6. The summed E-state index contributed by atoms with van der Waals surface area (Å²) in [5.74, 6) is -1.31. The van der Waals surface area contributed by atoms with Crippen LogP contribution in [0.3, 0.4) is 0 Å². The fourth-order valence-electron chi connectivity index (χ4n) is 1.93. The number of halogens is 1. The first-order valence-electron chi connectivity index (χ1n) is 6.70. The molecule has 0 unspecified atom stereocenters. The van der Waals surface area contributed by atoms with Gasteiger partial charge in [-0.05, 0) is 35.9 Å². The van der Waals surface area contributed by atoms with Gasteiger partial charge in [0.05, 0.1) is 0 Å². The van der Waals surface area contributed by atoms with Gasteiger partial charge < -0.3 is 5.11 Å². The highest BCUT2D eigenvalue weighted by Gasteiger charge is 2.21. The molecule has 1 aromatic carbocycles. The van der Waals surface area contributed by atoms with Gasteiger partial charge in [-0.25, -0.2) is 0 Å². The number of pyridine rings is 1. The smallest absolute Gasteiger partial charge is 0.321 e. The maximum atomic E-state index is 12.1. The molecular weight excluding hydrogens is 304 g/mol. The number of carbonyl (C=O) groups is 2. The van der Waals surface area contributed by atoms with E-state index < -0.39 is 12.0 Å². The number of rotatable bonds is 7. The lowest BCUT2D eigenvalue weighted by Gasteiger charge is -2.13. The zero-order chi connectivity index (χ0) is 15.9. The van der Waals surface area contributed by atoms with Crippen LogP contribution in [0.15, 0.2) is 48.8 Å². The van der Waals surface area contributed by atoms with Crippen molar-refractivity contribution in [2.45, 2.75) is 19.0 Å². The van der Waals surface area contributed by atoms with Crippen molar-refractivity contribution in [3.63, 3.8) is 0 Å². The van der Waals surface area contributed by atoms with Gasteiger partial charge in [-0.3, -0.25) is 19.9 Å². The summed E-state index contributed by atoms with van der Waals surface area (Å²) in [4.78, 5) is 27.4. The maximum absolute atomic E-state index is 12.1. The Morgan fingerprint density at radius 2 is 1.95 bits per heavy atom. The molecule has 0 amide bonds. The maximum Gasteiger partial charge on any atom is 0.321 e. The first kappa shape index (κ1) is 16.1. The quantitative estimate of drug-likeness (QED) is 0.767. The highest BCUT2D eigenvalue weighted by atomic mass is 35.5. The number of aliphatic carboxylic acids is 1. The van der Waals surface area contributed by atoms with Crippen LogP contribution in [0.1, 0.15) is 22.3 Å². The van der Waals surface area contributed by atoms with Gasteiger partial charge in [0, 0.05) is 35.9 Å². The van der Waals surface area contributed by atoms with E-state index in [4.69, 9.17) is 11.6 Å². The lowest BCUT2D eigenvalue weighted by atomic mass is 10.0. The third-order valence-electron chi connectivity index (χ3n) is 3.13.